The predicted molar refractivity (Wildman–Crippen MR) is 85.4 cm³/mol. The minimum atomic E-state index is 0.725. The van der Waals surface area contributed by atoms with E-state index in [1.807, 2.05) is 30.5 Å². The van der Waals surface area contributed by atoms with Crippen LogP contribution in [0.4, 0.5) is 5.69 Å². The van der Waals surface area contributed by atoms with Gasteiger partial charge in [0, 0.05) is 24.6 Å². The molecule has 3 heteroatoms. The fourth-order valence-electron chi connectivity index (χ4n) is 2.57. The first-order valence-electron chi connectivity index (χ1n) is 6.96. The van der Waals surface area contributed by atoms with E-state index in [2.05, 4.69) is 53.6 Å². The van der Waals surface area contributed by atoms with Gasteiger partial charge in [-0.25, -0.2) is 0 Å². The van der Waals surface area contributed by atoms with E-state index in [-0.39, 0.29) is 0 Å². The summed E-state index contributed by atoms with van der Waals surface area (Å²) in [6, 6.07) is 18.6. The van der Waals surface area contributed by atoms with E-state index < -0.39 is 0 Å². The minimum Gasteiger partial charge on any atom is -0.369 e. The van der Waals surface area contributed by atoms with Crippen LogP contribution in [0, 0.1) is 18.3 Å². The van der Waals surface area contributed by atoms with Gasteiger partial charge in [-0.05, 0) is 37.3 Å². The summed E-state index contributed by atoms with van der Waals surface area (Å²) in [7, 11) is 2.07. The molecule has 3 nitrogen and oxygen atoms in total. The maximum atomic E-state index is 9.25. The van der Waals surface area contributed by atoms with Crippen molar-refractivity contribution in [2.45, 2.75) is 13.5 Å². The predicted octanol–water partition coefficient (Wildman–Crippen LogP) is 3.76. The first kappa shape index (κ1) is 13.3. The van der Waals surface area contributed by atoms with Crippen molar-refractivity contribution in [1.82, 2.24) is 4.40 Å². The Morgan fingerprint density at radius 3 is 2.62 bits per heavy atom. The molecule has 0 N–H and O–H groups in total. The number of hydrogen-bond donors (Lipinski definition) is 0. The normalized spacial score (nSPS) is 10.5. The maximum absolute atomic E-state index is 9.25. The molecule has 0 aliphatic rings. The standard InChI is InChI=1S/C18H17N3/c1-14-6-8-16(9-7-14)20(2)13-17-11-15(12-19)18-5-3-4-10-21(17)18/h3-11H,13H2,1-2H3. The molecule has 0 bridgehead atoms. The quantitative estimate of drug-likeness (QED) is 0.729. The van der Waals surface area contributed by atoms with Crippen LogP contribution < -0.4 is 4.90 Å². The lowest BCUT2D eigenvalue weighted by atomic mass is 10.2. The Bertz CT molecular complexity index is 807. The number of aryl methyl sites for hydroxylation is 1. The van der Waals surface area contributed by atoms with Gasteiger partial charge in [0.25, 0.3) is 0 Å². The number of rotatable bonds is 3. The number of aromatic nitrogens is 1. The van der Waals surface area contributed by atoms with Crippen LogP contribution in [0.5, 0.6) is 0 Å². The van der Waals surface area contributed by atoms with Gasteiger partial charge in [0.05, 0.1) is 17.6 Å². The SMILES string of the molecule is Cc1ccc(N(C)Cc2cc(C#N)c3ccccn23)cc1. The van der Waals surface area contributed by atoms with Gasteiger partial charge in [0.15, 0.2) is 0 Å². The number of nitriles is 1. The molecule has 0 spiro atoms. The number of fused-ring (bicyclic) bond motifs is 1. The number of anilines is 1. The molecule has 3 rings (SSSR count). The third-order valence-electron chi connectivity index (χ3n) is 3.75. The molecule has 0 amide bonds. The van der Waals surface area contributed by atoms with Crippen molar-refractivity contribution in [3.05, 3.63) is 71.5 Å². The molecular weight excluding hydrogens is 258 g/mol. The van der Waals surface area contributed by atoms with Crippen molar-refractivity contribution >= 4 is 11.2 Å². The Morgan fingerprint density at radius 1 is 1.14 bits per heavy atom. The van der Waals surface area contributed by atoms with Gasteiger partial charge in [-0.15, -0.1) is 0 Å². The molecule has 3 aromatic rings. The van der Waals surface area contributed by atoms with Crippen molar-refractivity contribution in [3.63, 3.8) is 0 Å². The summed E-state index contributed by atoms with van der Waals surface area (Å²) >= 11 is 0. The zero-order chi connectivity index (χ0) is 14.8. The molecule has 0 radical (unpaired) electrons. The lowest BCUT2D eigenvalue weighted by Gasteiger charge is -2.19. The first-order valence-corrected chi connectivity index (χ1v) is 6.96. The Morgan fingerprint density at radius 2 is 1.90 bits per heavy atom. The van der Waals surface area contributed by atoms with Crippen LogP contribution in [0.15, 0.2) is 54.7 Å². The van der Waals surface area contributed by atoms with Crippen molar-refractivity contribution in [3.8, 4) is 6.07 Å². The molecule has 1 aromatic carbocycles. The zero-order valence-electron chi connectivity index (χ0n) is 12.2. The molecule has 21 heavy (non-hydrogen) atoms. The second-order valence-electron chi connectivity index (χ2n) is 5.31. The second-order valence-corrected chi connectivity index (χ2v) is 5.31. The highest BCUT2D eigenvalue weighted by atomic mass is 15.1. The average Bonchev–Trinajstić information content (AvgIpc) is 2.86. The zero-order valence-corrected chi connectivity index (χ0v) is 12.2. The summed E-state index contributed by atoms with van der Waals surface area (Å²) in [5.41, 5.74) is 5.23. The van der Waals surface area contributed by atoms with E-state index in [1.54, 1.807) is 0 Å². The molecule has 0 unspecified atom stereocenters. The second kappa shape index (κ2) is 5.34. The van der Waals surface area contributed by atoms with E-state index >= 15 is 0 Å². The number of pyridine rings is 1. The molecule has 0 aliphatic carbocycles. The monoisotopic (exact) mass is 275 g/mol. The number of nitrogens with zero attached hydrogens (tertiary/aromatic N) is 3. The van der Waals surface area contributed by atoms with Crippen LogP contribution in [0.25, 0.3) is 5.52 Å². The lowest BCUT2D eigenvalue weighted by Crippen LogP contribution is -2.17. The van der Waals surface area contributed by atoms with Crippen LogP contribution in [0.1, 0.15) is 16.8 Å². The Labute approximate surface area is 124 Å². The van der Waals surface area contributed by atoms with E-state index in [9.17, 15) is 5.26 Å². The molecule has 0 saturated heterocycles. The highest BCUT2D eigenvalue weighted by Crippen LogP contribution is 2.20. The van der Waals surface area contributed by atoms with Gasteiger partial charge < -0.3 is 9.30 Å². The van der Waals surface area contributed by atoms with E-state index in [0.717, 1.165) is 23.3 Å². The van der Waals surface area contributed by atoms with Gasteiger partial charge in [0.1, 0.15) is 6.07 Å². The van der Waals surface area contributed by atoms with Crippen LogP contribution in [-0.2, 0) is 6.54 Å². The van der Waals surface area contributed by atoms with Gasteiger partial charge in [0.2, 0.25) is 0 Å². The molecule has 104 valence electrons. The summed E-state index contributed by atoms with van der Waals surface area (Å²) in [5, 5.41) is 9.25. The highest BCUT2D eigenvalue weighted by molar-refractivity contribution is 5.63. The lowest BCUT2D eigenvalue weighted by molar-refractivity contribution is 0.870. The van der Waals surface area contributed by atoms with Gasteiger partial charge >= 0.3 is 0 Å². The Balaban J connectivity index is 1.95. The van der Waals surface area contributed by atoms with Crippen molar-refractivity contribution in [1.29, 1.82) is 5.26 Å². The summed E-state index contributed by atoms with van der Waals surface area (Å²) < 4.78 is 2.09. The minimum absolute atomic E-state index is 0.725. The first-order chi connectivity index (χ1) is 10.2. The van der Waals surface area contributed by atoms with Crippen molar-refractivity contribution < 1.29 is 0 Å². The van der Waals surface area contributed by atoms with Crippen molar-refractivity contribution in [2.24, 2.45) is 0 Å². The molecule has 0 aliphatic heterocycles. The Hall–Kier alpha value is -2.73. The smallest absolute Gasteiger partial charge is 0.101 e. The molecule has 2 heterocycles. The summed E-state index contributed by atoms with van der Waals surface area (Å²) in [6.07, 6.45) is 2.01. The topological polar surface area (TPSA) is 31.4 Å². The third-order valence-corrected chi connectivity index (χ3v) is 3.75. The number of hydrogen-bond acceptors (Lipinski definition) is 2. The van der Waals surface area contributed by atoms with E-state index in [1.165, 1.54) is 11.3 Å². The maximum Gasteiger partial charge on any atom is 0.101 e. The molecule has 2 aromatic heterocycles. The van der Waals surface area contributed by atoms with Gasteiger partial charge in [-0.1, -0.05) is 23.8 Å². The van der Waals surface area contributed by atoms with Crippen LogP contribution in [0.3, 0.4) is 0 Å². The number of benzene rings is 1. The fourth-order valence-corrected chi connectivity index (χ4v) is 2.57. The summed E-state index contributed by atoms with van der Waals surface area (Å²) in [4.78, 5) is 2.19. The fraction of sp³-hybridized carbons (Fsp3) is 0.167. The van der Waals surface area contributed by atoms with E-state index in [0.29, 0.717) is 0 Å². The molecule has 0 atom stereocenters. The van der Waals surface area contributed by atoms with Gasteiger partial charge in [-0.2, -0.15) is 5.26 Å². The largest absolute Gasteiger partial charge is 0.369 e. The summed E-state index contributed by atoms with van der Waals surface area (Å²) in [5.74, 6) is 0. The van der Waals surface area contributed by atoms with Crippen molar-refractivity contribution in [2.75, 3.05) is 11.9 Å². The van der Waals surface area contributed by atoms with Crippen LogP contribution >= 0.6 is 0 Å². The average molecular weight is 275 g/mol. The molecule has 0 saturated carbocycles. The van der Waals surface area contributed by atoms with Crippen LogP contribution in [0.2, 0.25) is 0 Å². The van der Waals surface area contributed by atoms with Crippen LogP contribution in [-0.4, -0.2) is 11.4 Å². The van der Waals surface area contributed by atoms with Gasteiger partial charge in [-0.3, -0.25) is 0 Å². The molecule has 0 fully saturated rings. The van der Waals surface area contributed by atoms with E-state index in [4.69, 9.17) is 0 Å². The molecular formula is C18H17N3. The Kier molecular flexibility index (Phi) is 3.37. The summed E-state index contributed by atoms with van der Waals surface area (Å²) in [6.45, 7) is 2.85. The third kappa shape index (κ3) is 2.48. The highest BCUT2D eigenvalue weighted by Gasteiger charge is 2.10.